The maximum atomic E-state index is 13.0. The number of piperidine rings is 1. The molecule has 4 rings (SSSR count). The molecule has 7 nitrogen and oxygen atoms in total. The van der Waals surface area contributed by atoms with Crippen molar-refractivity contribution < 1.29 is 13.2 Å². The highest BCUT2D eigenvalue weighted by Crippen LogP contribution is 2.22. The molecule has 0 spiro atoms. The summed E-state index contributed by atoms with van der Waals surface area (Å²) in [5, 5.41) is 6.27. The Labute approximate surface area is 201 Å². The van der Waals surface area contributed by atoms with Crippen molar-refractivity contribution in [2.24, 2.45) is 5.92 Å². The SMILES string of the molecule is Cc1ccc(S(=O)(=O)NC2CNCC(C(=O)NCC(c3ccccc3)c3ccccn3)C2)cc1. The number of aromatic nitrogens is 1. The van der Waals surface area contributed by atoms with Gasteiger partial charge in [-0.05, 0) is 43.2 Å². The third-order valence-corrected chi connectivity index (χ3v) is 7.64. The first-order chi connectivity index (χ1) is 16.4. The van der Waals surface area contributed by atoms with Crippen molar-refractivity contribution in [3.05, 3.63) is 95.8 Å². The summed E-state index contributed by atoms with van der Waals surface area (Å²) in [6.07, 6.45) is 2.19. The lowest BCUT2D eigenvalue weighted by Gasteiger charge is -2.30. The Morgan fingerprint density at radius 1 is 1.03 bits per heavy atom. The van der Waals surface area contributed by atoms with E-state index in [2.05, 4.69) is 20.3 Å². The first-order valence-electron chi connectivity index (χ1n) is 11.5. The number of aryl methyl sites for hydroxylation is 1. The van der Waals surface area contributed by atoms with E-state index in [1.54, 1.807) is 30.5 Å². The molecule has 0 aliphatic carbocycles. The molecule has 2 heterocycles. The van der Waals surface area contributed by atoms with Gasteiger partial charge in [-0.1, -0.05) is 54.1 Å². The van der Waals surface area contributed by atoms with E-state index >= 15 is 0 Å². The Balaban J connectivity index is 1.39. The summed E-state index contributed by atoms with van der Waals surface area (Å²) in [4.78, 5) is 17.8. The second-order valence-electron chi connectivity index (χ2n) is 8.69. The van der Waals surface area contributed by atoms with Crippen LogP contribution in [0.4, 0.5) is 0 Å². The zero-order chi connectivity index (χ0) is 24.0. The number of amides is 1. The minimum atomic E-state index is -3.65. The predicted molar refractivity (Wildman–Crippen MR) is 132 cm³/mol. The highest BCUT2D eigenvalue weighted by Gasteiger charge is 2.30. The first kappa shape index (κ1) is 24.1. The lowest BCUT2D eigenvalue weighted by Crippen LogP contribution is -2.52. The average molecular weight is 479 g/mol. The predicted octanol–water partition coefficient (Wildman–Crippen LogP) is 2.59. The van der Waals surface area contributed by atoms with Crippen LogP contribution in [0.25, 0.3) is 0 Å². The molecule has 8 heteroatoms. The summed E-state index contributed by atoms with van der Waals surface area (Å²) in [6.45, 7) is 3.31. The van der Waals surface area contributed by atoms with E-state index in [1.165, 1.54) is 0 Å². The van der Waals surface area contributed by atoms with Gasteiger partial charge < -0.3 is 10.6 Å². The molecule has 2 aromatic carbocycles. The van der Waals surface area contributed by atoms with Gasteiger partial charge in [-0.25, -0.2) is 13.1 Å². The Kier molecular flexibility index (Phi) is 7.72. The molecule has 1 aromatic heterocycles. The van der Waals surface area contributed by atoms with Crippen LogP contribution in [0.5, 0.6) is 0 Å². The number of nitrogens with zero attached hydrogens (tertiary/aromatic N) is 1. The van der Waals surface area contributed by atoms with E-state index in [1.807, 2.05) is 55.5 Å². The topological polar surface area (TPSA) is 100 Å². The van der Waals surface area contributed by atoms with Gasteiger partial charge in [0.2, 0.25) is 15.9 Å². The molecule has 1 aliphatic rings. The first-order valence-corrected chi connectivity index (χ1v) is 12.9. The summed E-state index contributed by atoms with van der Waals surface area (Å²) < 4.78 is 28.3. The number of sulfonamides is 1. The number of rotatable bonds is 8. The largest absolute Gasteiger partial charge is 0.355 e. The Hall–Kier alpha value is -3.07. The molecule has 178 valence electrons. The fourth-order valence-electron chi connectivity index (χ4n) is 4.24. The van der Waals surface area contributed by atoms with Gasteiger partial charge in [0.25, 0.3) is 0 Å². The molecule has 1 fully saturated rings. The molecule has 1 saturated heterocycles. The summed E-state index contributed by atoms with van der Waals surface area (Å²) in [5.74, 6) is -0.498. The average Bonchev–Trinajstić information content (AvgIpc) is 2.85. The van der Waals surface area contributed by atoms with Crippen LogP contribution in [-0.4, -0.2) is 45.0 Å². The van der Waals surface area contributed by atoms with Gasteiger partial charge in [-0.15, -0.1) is 0 Å². The van der Waals surface area contributed by atoms with Gasteiger partial charge in [0, 0.05) is 43.5 Å². The van der Waals surface area contributed by atoms with E-state index in [-0.39, 0.29) is 28.7 Å². The van der Waals surface area contributed by atoms with Crippen LogP contribution in [0.2, 0.25) is 0 Å². The summed E-state index contributed by atoms with van der Waals surface area (Å²) in [5.41, 5.74) is 2.96. The maximum absolute atomic E-state index is 13.0. The lowest BCUT2D eigenvalue weighted by atomic mass is 9.93. The molecule has 1 amide bonds. The van der Waals surface area contributed by atoms with Crippen molar-refractivity contribution in [2.75, 3.05) is 19.6 Å². The second kappa shape index (κ2) is 10.9. The van der Waals surface area contributed by atoms with Gasteiger partial charge in [-0.2, -0.15) is 0 Å². The third kappa shape index (κ3) is 6.08. The number of benzene rings is 2. The zero-order valence-corrected chi connectivity index (χ0v) is 20.0. The molecule has 34 heavy (non-hydrogen) atoms. The molecule has 0 radical (unpaired) electrons. The van der Waals surface area contributed by atoms with Gasteiger partial charge in [0.15, 0.2) is 0 Å². The molecular formula is C26H30N4O3S. The molecule has 0 saturated carbocycles. The van der Waals surface area contributed by atoms with Crippen molar-refractivity contribution in [2.45, 2.75) is 30.2 Å². The van der Waals surface area contributed by atoms with Crippen LogP contribution in [0.15, 0.2) is 83.9 Å². The second-order valence-corrected chi connectivity index (χ2v) is 10.4. The van der Waals surface area contributed by atoms with Crippen molar-refractivity contribution in [1.82, 2.24) is 20.3 Å². The number of carbonyl (C=O) groups excluding carboxylic acids is 1. The van der Waals surface area contributed by atoms with Crippen molar-refractivity contribution in [1.29, 1.82) is 0 Å². The molecule has 1 aliphatic heterocycles. The quantitative estimate of drug-likeness (QED) is 0.462. The molecule has 3 N–H and O–H groups in total. The molecule has 0 bridgehead atoms. The van der Waals surface area contributed by atoms with E-state index in [9.17, 15) is 13.2 Å². The van der Waals surface area contributed by atoms with Crippen LogP contribution in [0, 0.1) is 12.8 Å². The number of pyridine rings is 1. The Morgan fingerprint density at radius 3 is 2.47 bits per heavy atom. The highest BCUT2D eigenvalue weighted by molar-refractivity contribution is 7.89. The standard InChI is InChI=1S/C26H30N4O3S/c1-19-10-12-23(13-11-19)34(32,33)30-22-15-21(16-27-17-22)26(31)29-18-24(20-7-3-2-4-8-20)25-9-5-6-14-28-25/h2-14,21-22,24,27,30H,15-18H2,1H3,(H,29,31). The van der Waals surface area contributed by atoms with E-state index in [0.717, 1.165) is 16.8 Å². The lowest BCUT2D eigenvalue weighted by molar-refractivity contribution is -0.125. The number of carbonyl (C=O) groups is 1. The Bertz CT molecular complexity index is 1150. The monoisotopic (exact) mass is 478 g/mol. The maximum Gasteiger partial charge on any atom is 0.240 e. The zero-order valence-electron chi connectivity index (χ0n) is 19.1. The van der Waals surface area contributed by atoms with Crippen LogP contribution >= 0.6 is 0 Å². The molecule has 3 atom stereocenters. The number of nitrogens with one attached hydrogen (secondary N) is 3. The Morgan fingerprint density at radius 2 is 1.76 bits per heavy atom. The number of hydrogen-bond donors (Lipinski definition) is 3. The molecule has 3 aromatic rings. The normalized spacial score (nSPS) is 19.3. The van der Waals surface area contributed by atoms with Gasteiger partial charge in [0.1, 0.15) is 0 Å². The van der Waals surface area contributed by atoms with Crippen molar-refractivity contribution in [3.8, 4) is 0 Å². The van der Waals surface area contributed by atoms with Gasteiger partial charge in [0.05, 0.1) is 10.8 Å². The minimum absolute atomic E-state index is 0.0706. The fraction of sp³-hybridized carbons (Fsp3) is 0.308. The third-order valence-electron chi connectivity index (χ3n) is 6.10. The van der Waals surface area contributed by atoms with Crippen molar-refractivity contribution >= 4 is 15.9 Å². The fourth-order valence-corrected chi connectivity index (χ4v) is 5.49. The highest BCUT2D eigenvalue weighted by atomic mass is 32.2. The van der Waals surface area contributed by atoms with Crippen LogP contribution in [0.1, 0.15) is 29.2 Å². The van der Waals surface area contributed by atoms with Crippen LogP contribution in [-0.2, 0) is 14.8 Å². The molecular weight excluding hydrogens is 448 g/mol. The van der Waals surface area contributed by atoms with E-state index in [4.69, 9.17) is 0 Å². The summed E-state index contributed by atoms with van der Waals surface area (Å²) in [6, 6.07) is 22.1. The van der Waals surface area contributed by atoms with E-state index < -0.39 is 10.0 Å². The summed E-state index contributed by atoms with van der Waals surface area (Å²) in [7, 11) is -3.65. The van der Waals surface area contributed by atoms with E-state index in [0.29, 0.717) is 26.1 Å². The summed E-state index contributed by atoms with van der Waals surface area (Å²) >= 11 is 0. The van der Waals surface area contributed by atoms with Gasteiger partial charge >= 0.3 is 0 Å². The van der Waals surface area contributed by atoms with Crippen LogP contribution in [0.3, 0.4) is 0 Å². The number of hydrogen-bond acceptors (Lipinski definition) is 5. The van der Waals surface area contributed by atoms with Crippen molar-refractivity contribution in [3.63, 3.8) is 0 Å². The van der Waals surface area contributed by atoms with Gasteiger partial charge in [-0.3, -0.25) is 9.78 Å². The van der Waals surface area contributed by atoms with Crippen LogP contribution < -0.4 is 15.4 Å². The smallest absolute Gasteiger partial charge is 0.240 e. The minimum Gasteiger partial charge on any atom is -0.355 e. The molecule has 3 unspecified atom stereocenters.